The van der Waals surface area contributed by atoms with E-state index in [9.17, 15) is 0 Å². The minimum absolute atomic E-state index is 0.530. The lowest BCUT2D eigenvalue weighted by Crippen LogP contribution is -2.00. The molecule has 0 atom stereocenters. The number of pyridine rings is 1. The molecule has 3 aromatic heterocycles. The fourth-order valence-electron chi connectivity index (χ4n) is 2.73. The van der Waals surface area contributed by atoms with Gasteiger partial charge in [-0.3, -0.25) is 4.98 Å². The van der Waals surface area contributed by atoms with Crippen LogP contribution in [0.4, 0.5) is 0 Å². The van der Waals surface area contributed by atoms with E-state index in [-0.39, 0.29) is 0 Å². The van der Waals surface area contributed by atoms with Crippen LogP contribution < -0.4 is 0 Å². The first-order valence-corrected chi connectivity index (χ1v) is 9.59. The van der Waals surface area contributed by atoms with Crippen LogP contribution in [-0.2, 0) is 12.3 Å². The normalized spacial score (nSPS) is 11.0. The van der Waals surface area contributed by atoms with Gasteiger partial charge in [-0.1, -0.05) is 34.6 Å². The van der Waals surface area contributed by atoms with Crippen molar-refractivity contribution in [2.75, 3.05) is 0 Å². The second-order valence-electron chi connectivity index (χ2n) is 5.97. The molecule has 0 unspecified atom stereocenters. The van der Waals surface area contributed by atoms with Gasteiger partial charge in [-0.25, -0.2) is 0 Å². The summed E-state index contributed by atoms with van der Waals surface area (Å²) in [6.45, 7) is 4.87. The van der Waals surface area contributed by atoms with E-state index in [1.807, 2.05) is 43.3 Å². The number of nitrogens with zero attached hydrogens (tertiary/aromatic N) is 6. The first kappa shape index (κ1) is 17.4. The van der Waals surface area contributed by atoms with E-state index in [1.165, 1.54) is 11.8 Å². The molecular formula is C19H18N6OS. The second kappa shape index (κ2) is 7.71. The molecule has 27 heavy (non-hydrogen) atoms. The van der Waals surface area contributed by atoms with E-state index in [1.54, 1.807) is 12.4 Å². The monoisotopic (exact) mass is 378 g/mol. The van der Waals surface area contributed by atoms with Crippen LogP contribution in [0.15, 0.2) is 58.5 Å². The molecule has 7 nitrogen and oxygen atoms in total. The predicted octanol–water partition coefficient (Wildman–Crippen LogP) is 4.01. The van der Waals surface area contributed by atoms with Gasteiger partial charge in [0.25, 0.3) is 5.89 Å². The molecule has 0 aliphatic heterocycles. The molecule has 0 N–H and O–H groups in total. The van der Waals surface area contributed by atoms with Gasteiger partial charge in [-0.2, -0.15) is 4.98 Å². The number of benzene rings is 1. The zero-order chi connectivity index (χ0) is 18.6. The van der Waals surface area contributed by atoms with Crippen molar-refractivity contribution in [3.8, 4) is 22.8 Å². The highest BCUT2D eigenvalue weighted by atomic mass is 32.2. The third kappa shape index (κ3) is 3.75. The standard InChI is InChI=1S/C19H18N6OS/c1-3-25-17(15-8-5-9-20-11-15)22-23-19(25)27-12-16-21-18(26-24-16)14-7-4-6-13(2)10-14/h4-11H,3,12H2,1-2H3. The topological polar surface area (TPSA) is 82.5 Å². The Labute approximate surface area is 160 Å². The molecule has 136 valence electrons. The minimum atomic E-state index is 0.530. The first-order valence-electron chi connectivity index (χ1n) is 8.60. The third-order valence-corrected chi connectivity index (χ3v) is 4.98. The Hall–Kier alpha value is -3.00. The maximum Gasteiger partial charge on any atom is 0.257 e. The number of rotatable bonds is 6. The smallest absolute Gasteiger partial charge is 0.257 e. The largest absolute Gasteiger partial charge is 0.334 e. The Kier molecular flexibility index (Phi) is 4.97. The molecule has 0 spiro atoms. The minimum Gasteiger partial charge on any atom is -0.334 e. The summed E-state index contributed by atoms with van der Waals surface area (Å²) < 4.78 is 7.46. The van der Waals surface area contributed by atoms with Crippen LogP contribution in [0.1, 0.15) is 18.3 Å². The molecule has 1 aromatic carbocycles. The number of hydrogen-bond donors (Lipinski definition) is 0. The van der Waals surface area contributed by atoms with Gasteiger partial charge in [0, 0.05) is 30.1 Å². The van der Waals surface area contributed by atoms with Crippen LogP contribution in [-0.4, -0.2) is 29.9 Å². The summed E-state index contributed by atoms with van der Waals surface area (Å²) in [6.07, 6.45) is 3.53. The molecular weight excluding hydrogens is 360 g/mol. The zero-order valence-corrected chi connectivity index (χ0v) is 15.8. The van der Waals surface area contributed by atoms with Crippen LogP contribution in [0.25, 0.3) is 22.8 Å². The molecule has 0 radical (unpaired) electrons. The van der Waals surface area contributed by atoms with Crippen LogP contribution in [0.3, 0.4) is 0 Å². The van der Waals surface area contributed by atoms with Gasteiger partial charge in [0.2, 0.25) is 0 Å². The van der Waals surface area contributed by atoms with Crippen LogP contribution in [0, 0.1) is 6.92 Å². The lowest BCUT2D eigenvalue weighted by molar-refractivity contribution is 0.425. The number of aryl methyl sites for hydroxylation is 1. The highest BCUT2D eigenvalue weighted by molar-refractivity contribution is 7.98. The Morgan fingerprint density at radius 1 is 1.11 bits per heavy atom. The Morgan fingerprint density at radius 3 is 2.78 bits per heavy atom. The summed E-state index contributed by atoms with van der Waals surface area (Å²) in [7, 11) is 0. The maximum atomic E-state index is 5.40. The van der Waals surface area contributed by atoms with E-state index in [0.29, 0.717) is 17.5 Å². The quantitative estimate of drug-likeness (QED) is 0.469. The van der Waals surface area contributed by atoms with Gasteiger partial charge in [-0.15, -0.1) is 10.2 Å². The molecule has 4 rings (SSSR count). The van der Waals surface area contributed by atoms with Crippen molar-refractivity contribution < 1.29 is 4.52 Å². The zero-order valence-electron chi connectivity index (χ0n) is 15.0. The van der Waals surface area contributed by atoms with Crippen LogP contribution in [0.2, 0.25) is 0 Å². The molecule has 0 saturated carbocycles. The molecule has 3 heterocycles. The molecule has 0 amide bonds. The van der Waals surface area contributed by atoms with E-state index < -0.39 is 0 Å². The Bertz CT molecular complexity index is 1040. The van der Waals surface area contributed by atoms with Gasteiger partial charge in [0.15, 0.2) is 16.8 Å². The van der Waals surface area contributed by atoms with Crippen molar-refractivity contribution in [3.63, 3.8) is 0 Å². The van der Waals surface area contributed by atoms with Crippen molar-refractivity contribution >= 4 is 11.8 Å². The SMILES string of the molecule is CCn1c(SCc2noc(-c3cccc(C)c3)n2)nnc1-c1cccnc1. The second-order valence-corrected chi connectivity index (χ2v) is 6.91. The summed E-state index contributed by atoms with van der Waals surface area (Å²) >= 11 is 1.54. The summed E-state index contributed by atoms with van der Waals surface area (Å²) in [5, 5.41) is 13.5. The van der Waals surface area contributed by atoms with Crippen molar-refractivity contribution in [1.29, 1.82) is 0 Å². The summed E-state index contributed by atoms with van der Waals surface area (Å²) in [4.78, 5) is 8.65. The molecule has 0 bridgehead atoms. The fraction of sp³-hybridized carbons (Fsp3) is 0.211. The molecule has 0 aliphatic carbocycles. The average Bonchev–Trinajstić information content (AvgIpc) is 3.34. The Balaban J connectivity index is 1.51. The molecule has 4 aromatic rings. The van der Waals surface area contributed by atoms with Gasteiger partial charge < -0.3 is 9.09 Å². The van der Waals surface area contributed by atoms with E-state index in [0.717, 1.165) is 34.2 Å². The lowest BCUT2D eigenvalue weighted by atomic mass is 10.1. The van der Waals surface area contributed by atoms with E-state index in [2.05, 4.69) is 36.8 Å². The van der Waals surface area contributed by atoms with Gasteiger partial charge in [0.1, 0.15) is 0 Å². The highest BCUT2D eigenvalue weighted by Crippen LogP contribution is 2.26. The predicted molar refractivity (Wildman–Crippen MR) is 103 cm³/mol. The van der Waals surface area contributed by atoms with Gasteiger partial charge in [-0.05, 0) is 38.1 Å². The Morgan fingerprint density at radius 2 is 2.00 bits per heavy atom. The van der Waals surface area contributed by atoms with Gasteiger partial charge in [0.05, 0.1) is 5.75 Å². The summed E-state index contributed by atoms with van der Waals surface area (Å²) in [5.41, 5.74) is 3.02. The summed E-state index contributed by atoms with van der Waals surface area (Å²) in [6, 6.07) is 11.9. The number of aromatic nitrogens is 6. The molecule has 0 saturated heterocycles. The maximum absolute atomic E-state index is 5.40. The lowest BCUT2D eigenvalue weighted by Gasteiger charge is -2.06. The molecule has 8 heteroatoms. The summed E-state index contributed by atoms with van der Waals surface area (Å²) in [5.74, 6) is 2.52. The number of thioether (sulfide) groups is 1. The van der Waals surface area contributed by atoms with E-state index >= 15 is 0 Å². The van der Waals surface area contributed by atoms with Crippen LogP contribution in [0.5, 0.6) is 0 Å². The van der Waals surface area contributed by atoms with Crippen molar-refractivity contribution in [1.82, 2.24) is 29.9 Å². The highest BCUT2D eigenvalue weighted by Gasteiger charge is 2.15. The number of hydrogen-bond acceptors (Lipinski definition) is 7. The first-order chi connectivity index (χ1) is 13.2. The van der Waals surface area contributed by atoms with Crippen molar-refractivity contribution in [2.45, 2.75) is 31.3 Å². The fourth-order valence-corrected chi connectivity index (χ4v) is 3.57. The van der Waals surface area contributed by atoms with Crippen molar-refractivity contribution in [2.24, 2.45) is 0 Å². The van der Waals surface area contributed by atoms with Crippen molar-refractivity contribution in [3.05, 3.63) is 60.2 Å². The molecule has 0 fully saturated rings. The average molecular weight is 378 g/mol. The third-order valence-electron chi connectivity index (χ3n) is 4.02. The molecule has 0 aliphatic rings. The van der Waals surface area contributed by atoms with E-state index in [4.69, 9.17) is 4.52 Å². The van der Waals surface area contributed by atoms with Crippen LogP contribution >= 0.6 is 11.8 Å². The van der Waals surface area contributed by atoms with Gasteiger partial charge >= 0.3 is 0 Å².